The quantitative estimate of drug-likeness (QED) is 0.355. The minimum Gasteiger partial charge on any atom is -0.311 e. The molecule has 0 atom stereocenters. The van der Waals surface area contributed by atoms with Gasteiger partial charge in [0.15, 0.2) is 5.16 Å². The van der Waals surface area contributed by atoms with Crippen molar-refractivity contribution < 1.29 is 4.79 Å². The Morgan fingerprint density at radius 1 is 1.92 bits per heavy atom. The molecule has 12 heavy (non-hydrogen) atoms. The highest BCUT2D eigenvalue weighted by Crippen LogP contribution is 2.13. The second kappa shape index (κ2) is 4.19. The highest BCUT2D eigenvalue weighted by atomic mass is 32.2. The highest BCUT2D eigenvalue weighted by Gasteiger charge is 2.07. The van der Waals surface area contributed by atoms with Crippen molar-refractivity contribution in [3.8, 4) is 0 Å². The molecule has 0 aliphatic heterocycles. The molecule has 7 heteroatoms. The Labute approximate surface area is 73.5 Å². The van der Waals surface area contributed by atoms with Gasteiger partial charge in [0.25, 0.3) is 0 Å². The maximum absolute atomic E-state index is 11.0. The molecule has 3 N–H and O–H groups in total. The van der Waals surface area contributed by atoms with Crippen molar-refractivity contribution in [3.63, 3.8) is 0 Å². The van der Waals surface area contributed by atoms with Crippen molar-refractivity contribution in [1.29, 1.82) is 0 Å². The van der Waals surface area contributed by atoms with Gasteiger partial charge in [-0.2, -0.15) is 0 Å². The third-order valence-electron chi connectivity index (χ3n) is 1.12. The number of nitrogens with zero attached hydrogens (tertiary/aromatic N) is 3. The number of nitrogens with one attached hydrogen (secondary N) is 1. The number of hydrazine groups is 1. The normalized spacial score (nSPS) is 10.2. The van der Waals surface area contributed by atoms with Gasteiger partial charge in [0.2, 0.25) is 5.12 Å². The molecule has 0 unspecified atom stereocenters. The fraction of sp³-hybridized carbons (Fsp3) is 0.400. The van der Waals surface area contributed by atoms with Crippen molar-refractivity contribution in [1.82, 2.24) is 20.2 Å². The molecule has 6 nitrogen and oxygen atoms in total. The topological polar surface area (TPSA) is 85.8 Å². The van der Waals surface area contributed by atoms with Gasteiger partial charge in [-0.1, -0.05) is 0 Å². The summed E-state index contributed by atoms with van der Waals surface area (Å²) < 4.78 is 1.67. The van der Waals surface area contributed by atoms with Crippen LogP contribution in [-0.2, 0) is 11.8 Å². The Hall–Kier alpha value is -0.920. The second-order valence-electron chi connectivity index (χ2n) is 2.08. The molecule has 0 saturated heterocycles. The van der Waals surface area contributed by atoms with Crippen LogP contribution >= 0.6 is 11.8 Å². The monoisotopic (exact) mass is 187 g/mol. The Morgan fingerprint density at radius 2 is 2.67 bits per heavy atom. The summed E-state index contributed by atoms with van der Waals surface area (Å²) in [7, 11) is 1.77. The molecular formula is C5H9N5OS. The van der Waals surface area contributed by atoms with E-state index in [4.69, 9.17) is 5.84 Å². The number of hydrogen-bond acceptors (Lipinski definition) is 6. The summed E-state index contributed by atoms with van der Waals surface area (Å²) in [5, 5.41) is 7.82. The number of aromatic nitrogens is 3. The summed E-state index contributed by atoms with van der Waals surface area (Å²) in [6.07, 6.45) is 1.53. The zero-order chi connectivity index (χ0) is 8.97. The zero-order valence-electron chi connectivity index (χ0n) is 6.52. The lowest BCUT2D eigenvalue weighted by molar-refractivity contribution is -0.110. The fourth-order valence-corrected chi connectivity index (χ4v) is 1.22. The van der Waals surface area contributed by atoms with E-state index in [1.807, 2.05) is 0 Å². The molecule has 0 bridgehead atoms. The molecule has 1 rings (SSSR count). The first kappa shape index (κ1) is 9.17. The Bertz CT molecular complexity index is 273. The van der Waals surface area contributed by atoms with Crippen LogP contribution in [0.3, 0.4) is 0 Å². The van der Waals surface area contributed by atoms with Gasteiger partial charge in [0.05, 0.1) is 6.54 Å². The molecule has 0 aliphatic carbocycles. The van der Waals surface area contributed by atoms with Crippen LogP contribution in [0.15, 0.2) is 11.5 Å². The maximum Gasteiger partial charge on any atom is 0.211 e. The lowest BCUT2D eigenvalue weighted by Crippen LogP contribution is -2.27. The predicted octanol–water partition coefficient (Wildman–Crippen LogP) is -1.10. The molecule has 66 valence electrons. The van der Waals surface area contributed by atoms with Crippen LogP contribution in [0.5, 0.6) is 0 Å². The number of carbonyl (C=O) groups excluding carboxylic acids is 1. The maximum atomic E-state index is 11.0. The summed E-state index contributed by atoms with van der Waals surface area (Å²) >= 11 is 1.01. The third kappa shape index (κ3) is 2.29. The number of rotatable bonds is 3. The number of carbonyl (C=O) groups is 1. The lowest BCUT2D eigenvalue weighted by atomic mass is 10.8. The predicted molar refractivity (Wildman–Crippen MR) is 44.1 cm³/mol. The van der Waals surface area contributed by atoms with E-state index in [2.05, 4.69) is 15.6 Å². The molecule has 0 radical (unpaired) electrons. The summed E-state index contributed by atoms with van der Waals surface area (Å²) in [5.41, 5.74) is 2.27. The average Bonchev–Trinajstić information content (AvgIpc) is 2.37. The first-order chi connectivity index (χ1) is 5.74. The Kier molecular flexibility index (Phi) is 3.20. The minimum absolute atomic E-state index is 0.0893. The first-order valence-corrected chi connectivity index (χ1v) is 4.04. The zero-order valence-corrected chi connectivity index (χ0v) is 7.34. The number of nitrogens with two attached hydrogens (primary N) is 1. The van der Waals surface area contributed by atoms with Gasteiger partial charge in [-0.3, -0.25) is 16.1 Å². The Morgan fingerprint density at radius 3 is 3.17 bits per heavy atom. The van der Waals surface area contributed by atoms with Gasteiger partial charge < -0.3 is 4.57 Å². The molecule has 0 amide bonds. The van der Waals surface area contributed by atoms with Crippen molar-refractivity contribution in [2.24, 2.45) is 12.9 Å². The van der Waals surface area contributed by atoms with E-state index in [-0.39, 0.29) is 11.7 Å². The molecule has 1 aromatic heterocycles. The minimum atomic E-state index is -0.0893. The summed E-state index contributed by atoms with van der Waals surface area (Å²) in [5.74, 6) is 4.97. The van der Waals surface area contributed by atoms with Crippen LogP contribution in [0, 0.1) is 0 Å². The van der Waals surface area contributed by atoms with E-state index in [1.165, 1.54) is 6.33 Å². The summed E-state index contributed by atoms with van der Waals surface area (Å²) in [6, 6.07) is 0. The lowest BCUT2D eigenvalue weighted by Gasteiger charge is -1.97. The molecule has 0 fully saturated rings. The SMILES string of the molecule is Cn1cnnc1SC(=O)CNN. The van der Waals surface area contributed by atoms with Crippen molar-refractivity contribution in [2.75, 3.05) is 6.54 Å². The molecule has 0 aliphatic rings. The second-order valence-corrected chi connectivity index (χ2v) is 3.10. The van der Waals surface area contributed by atoms with Gasteiger partial charge in [-0.15, -0.1) is 10.2 Å². The van der Waals surface area contributed by atoms with Gasteiger partial charge in [-0.25, -0.2) is 0 Å². The van der Waals surface area contributed by atoms with E-state index in [9.17, 15) is 4.79 Å². The van der Waals surface area contributed by atoms with Crippen LogP contribution in [-0.4, -0.2) is 26.4 Å². The van der Waals surface area contributed by atoms with E-state index in [1.54, 1.807) is 11.6 Å². The van der Waals surface area contributed by atoms with E-state index in [0.717, 1.165) is 11.8 Å². The molecule has 1 heterocycles. The van der Waals surface area contributed by atoms with Crippen LogP contribution in [0.25, 0.3) is 0 Å². The summed E-state index contributed by atoms with van der Waals surface area (Å²) in [6.45, 7) is 0.123. The third-order valence-corrected chi connectivity index (χ3v) is 2.05. The fourth-order valence-electron chi connectivity index (χ4n) is 0.586. The van der Waals surface area contributed by atoms with Crippen LogP contribution in [0.4, 0.5) is 0 Å². The average molecular weight is 187 g/mol. The van der Waals surface area contributed by atoms with Crippen molar-refractivity contribution in [3.05, 3.63) is 6.33 Å². The molecule has 1 aromatic rings. The van der Waals surface area contributed by atoms with Crippen LogP contribution in [0.2, 0.25) is 0 Å². The molecule has 0 spiro atoms. The smallest absolute Gasteiger partial charge is 0.211 e. The van der Waals surface area contributed by atoms with Crippen molar-refractivity contribution >= 4 is 16.9 Å². The van der Waals surface area contributed by atoms with Gasteiger partial charge in [0.1, 0.15) is 6.33 Å². The molecular weight excluding hydrogens is 178 g/mol. The molecule has 0 aromatic carbocycles. The molecule has 0 saturated carbocycles. The van der Waals surface area contributed by atoms with Crippen LogP contribution in [0.1, 0.15) is 0 Å². The standard InChI is InChI=1S/C5H9N5OS/c1-10-3-8-9-5(10)12-4(11)2-7-6/h3,7H,2,6H2,1H3. The van der Waals surface area contributed by atoms with E-state index in [0.29, 0.717) is 5.16 Å². The highest BCUT2D eigenvalue weighted by molar-refractivity contribution is 8.13. The largest absolute Gasteiger partial charge is 0.311 e. The Balaban J connectivity index is 2.52. The number of aryl methyl sites for hydroxylation is 1. The van der Waals surface area contributed by atoms with Crippen LogP contribution < -0.4 is 11.3 Å². The van der Waals surface area contributed by atoms with Crippen molar-refractivity contribution in [2.45, 2.75) is 5.16 Å². The van der Waals surface area contributed by atoms with E-state index >= 15 is 0 Å². The van der Waals surface area contributed by atoms with Gasteiger partial charge >= 0.3 is 0 Å². The van der Waals surface area contributed by atoms with Gasteiger partial charge in [0, 0.05) is 7.05 Å². The number of thioether (sulfide) groups is 1. The van der Waals surface area contributed by atoms with Gasteiger partial charge in [-0.05, 0) is 11.8 Å². The number of hydrogen-bond donors (Lipinski definition) is 2. The van der Waals surface area contributed by atoms with E-state index < -0.39 is 0 Å². The first-order valence-electron chi connectivity index (χ1n) is 3.22. The summed E-state index contributed by atoms with van der Waals surface area (Å²) in [4.78, 5) is 11.0.